The Morgan fingerprint density at radius 1 is 1.57 bits per heavy atom. The van der Waals surface area contributed by atoms with Crippen LogP contribution in [0.1, 0.15) is 30.4 Å². The molecule has 78 valence electrons. The lowest BCUT2D eigenvalue weighted by Crippen LogP contribution is -2.29. The Hall–Kier alpha value is -0.670. The molecule has 0 N–H and O–H groups in total. The number of carbonyl (C=O) groups excluding carboxylic acids is 1. The summed E-state index contributed by atoms with van der Waals surface area (Å²) in [5.74, 6) is 0.335. The topological polar surface area (TPSA) is 26.3 Å². The van der Waals surface area contributed by atoms with Crippen LogP contribution in [0.2, 0.25) is 0 Å². The Morgan fingerprint density at radius 2 is 2.29 bits per heavy atom. The van der Waals surface area contributed by atoms with Gasteiger partial charge in [0.25, 0.3) is 0 Å². The highest BCUT2D eigenvalue weighted by molar-refractivity contribution is 7.12. The predicted molar refractivity (Wildman–Crippen MR) is 58.9 cm³/mol. The monoisotopic (exact) mass is 212 g/mol. The average Bonchev–Trinajstić information content (AvgIpc) is 2.65. The van der Waals surface area contributed by atoms with E-state index in [2.05, 4.69) is 0 Å². The zero-order valence-corrected chi connectivity index (χ0v) is 9.64. The molecule has 0 radical (unpaired) electrons. The van der Waals surface area contributed by atoms with Gasteiger partial charge in [0.15, 0.2) is 0 Å². The van der Waals surface area contributed by atoms with Crippen LogP contribution in [-0.4, -0.2) is 18.5 Å². The SMILES string of the molecule is CCOC(C(=O)c1cccs1)C(C)C. The first kappa shape index (κ1) is 11.4. The third-order valence-corrected chi connectivity index (χ3v) is 2.86. The van der Waals surface area contributed by atoms with E-state index in [0.717, 1.165) is 4.88 Å². The van der Waals surface area contributed by atoms with E-state index in [0.29, 0.717) is 6.61 Å². The van der Waals surface area contributed by atoms with Crippen molar-refractivity contribution in [2.75, 3.05) is 6.61 Å². The third-order valence-electron chi connectivity index (χ3n) is 1.97. The number of hydrogen-bond acceptors (Lipinski definition) is 3. The maximum atomic E-state index is 11.9. The first-order valence-electron chi connectivity index (χ1n) is 4.86. The molecule has 1 aromatic rings. The highest BCUT2D eigenvalue weighted by Crippen LogP contribution is 2.17. The summed E-state index contributed by atoms with van der Waals surface area (Å²) in [5.41, 5.74) is 0. The van der Waals surface area contributed by atoms with Gasteiger partial charge in [-0.3, -0.25) is 4.79 Å². The van der Waals surface area contributed by atoms with Crippen LogP contribution < -0.4 is 0 Å². The third kappa shape index (κ3) is 2.66. The zero-order valence-electron chi connectivity index (χ0n) is 8.82. The molecule has 1 atom stereocenters. The molecule has 0 aliphatic carbocycles. The van der Waals surface area contributed by atoms with Crippen LogP contribution in [0, 0.1) is 5.92 Å². The first-order chi connectivity index (χ1) is 6.66. The van der Waals surface area contributed by atoms with Crippen molar-refractivity contribution in [3.8, 4) is 0 Å². The molecule has 0 aliphatic heterocycles. The lowest BCUT2D eigenvalue weighted by molar-refractivity contribution is 0.0283. The van der Waals surface area contributed by atoms with E-state index in [9.17, 15) is 4.79 Å². The van der Waals surface area contributed by atoms with E-state index in [-0.39, 0.29) is 17.8 Å². The second-order valence-corrected chi connectivity index (χ2v) is 4.41. The van der Waals surface area contributed by atoms with Gasteiger partial charge in [-0.15, -0.1) is 11.3 Å². The van der Waals surface area contributed by atoms with Gasteiger partial charge in [-0.05, 0) is 24.3 Å². The van der Waals surface area contributed by atoms with Gasteiger partial charge in [0.1, 0.15) is 6.10 Å². The summed E-state index contributed by atoms with van der Waals surface area (Å²) in [5, 5.41) is 1.91. The minimum absolute atomic E-state index is 0.108. The van der Waals surface area contributed by atoms with E-state index >= 15 is 0 Å². The van der Waals surface area contributed by atoms with Gasteiger partial charge in [0.05, 0.1) is 4.88 Å². The second kappa shape index (κ2) is 5.27. The lowest BCUT2D eigenvalue weighted by Gasteiger charge is -2.18. The maximum Gasteiger partial charge on any atom is 0.201 e. The van der Waals surface area contributed by atoms with Crippen LogP contribution >= 0.6 is 11.3 Å². The fourth-order valence-corrected chi connectivity index (χ4v) is 2.00. The van der Waals surface area contributed by atoms with Gasteiger partial charge in [-0.2, -0.15) is 0 Å². The van der Waals surface area contributed by atoms with Crippen molar-refractivity contribution in [2.45, 2.75) is 26.9 Å². The predicted octanol–water partition coefficient (Wildman–Crippen LogP) is 2.99. The molecule has 0 saturated carbocycles. The minimum Gasteiger partial charge on any atom is -0.370 e. The Bertz CT molecular complexity index is 277. The largest absolute Gasteiger partial charge is 0.370 e. The molecule has 1 unspecified atom stereocenters. The fourth-order valence-electron chi connectivity index (χ4n) is 1.31. The Morgan fingerprint density at radius 3 is 2.71 bits per heavy atom. The van der Waals surface area contributed by atoms with Gasteiger partial charge in [0.2, 0.25) is 5.78 Å². The van der Waals surface area contributed by atoms with Crippen molar-refractivity contribution in [1.29, 1.82) is 0 Å². The maximum absolute atomic E-state index is 11.9. The molecular weight excluding hydrogens is 196 g/mol. The zero-order chi connectivity index (χ0) is 10.6. The van der Waals surface area contributed by atoms with Gasteiger partial charge in [-0.1, -0.05) is 19.9 Å². The van der Waals surface area contributed by atoms with Gasteiger partial charge in [-0.25, -0.2) is 0 Å². The molecule has 0 bridgehead atoms. The molecular formula is C11H16O2S. The van der Waals surface area contributed by atoms with E-state index in [1.54, 1.807) is 0 Å². The highest BCUT2D eigenvalue weighted by atomic mass is 32.1. The van der Waals surface area contributed by atoms with Crippen LogP contribution in [0.25, 0.3) is 0 Å². The Balaban J connectivity index is 2.74. The van der Waals surface area contributed by atoms with Crippen molar-refractivity contribution < 1.29 is 9.53 Å². The quantitative estimate of drug-likeness (QED) is 0.701. The molecule has 1 rings (SSSR count). The Kier molecular flexibility index (Phi) is 4.29. The fraction of sp³-hybridized carbons (Fsp3) is 0.545. The molecule has 0 spiro atoms. The van der Waals surface area contributed by atoms with E-state index in [1.807, 2.05) is 38.3 Å². The van der Waals surface area contributed by atoms with E-state index in [1.165, 1.54) is 11.3 Å². The summed E-state index contributed by atoms with van der Waals surface area (Å²) in [6.07, 6.45) is -0.293. The number of carbonyl (C=O) groups is 1. The summed E-state index contributed by atoms with van der Waals surface area (Å²) < 4.78 is 5.45. The molecule has 0 amide bonds. The average molecular weight is 212 g/mol. The first-order valence-corrected chi connectivity index (χ1v) is 5.74. The highest BCUT2D eigenvalue weighted by Gasteiger charge is 2.24. The summed E-state index contributed by atoms with van der Waals surface area (Å²) >= 11 is 1.47. The second-order valence-electron chi connectivity index (χ2n) is 3.46. The number of Topliss-reactive ketones (excluding diaryl/α,β-unsaturated/α-hetero) is 1. The molecule has 0 fully saturated rings. The minimum atomic E-state index is -0.293. The van der Waals surface area contributed by atoms with Gasteiger partial charge < -0.3 is 4.74 Å². The van der Waals surface area contributed by atoms with Crippen molar-refractivity contribution in [3.05, 3.63) is 22.4 Å². The molecule has 14 heavy (non-hydrogen) atoms. The number of ether oxygens (including phenoxy) is 1. The van der Waals surface area contributed by atoms with E-state index in [4.69, 9.17) is 4.74 Å². The summed E-state index contributed by atoms with van der Waals surface area (Å²) in [6.45, 7) is 6.51. The van der Waals surface area contributed by atoms with Crippen LogP contribution in [0.4, 0.5) is 0 Å². The van der Waals surface area contributed by atoms with E-state index < -0.39 is 0 Å². The number of hydrogen-bond donors (Lipinski definition) is 0. The number of ketones is 1. The smallest absolute Gasteiger partial charge is 0.201 e. The standard InChI is InChI=1S/C11H16O2S/c1-4-13-11(8(2)3)10(12)9-6-5-7-14-9/h5-8,11H,4H2,1-3H3. The van der Waals surface area contributed by atoms with Crippen LogP contribution in [0.3, 0.4) is 0 Å². The summed E-state index contributed by atoms with van der Waals surface area (Å²) in [6, 6.07) is 3.74. The molecule has 3 heteroatoms. The van der Waals surface area contributed by atoms with Crippen molar-refractivity contribution in [3.63, 3.8) is 0 Å². The van der Waals surface area contributed by atoms with Crippen LogP contribution in [0.15, 0.2) is 17.5 Å². The molecule has 0 saturated heterocycles. The van der Waals surface area contributed by atoms with Gasteiger partial charge >= 0.3 is 0 Å². The summed E-state index contributed by atoms with van der Waals surface area (Å²) in [7, 11) is 0. The molecule has 0 aromatic carbocycles. The summed E-state index contributed by atoms with van der Waals surface area (Å²) in [4.78, 5) is 12.7. The molecule has 1 aromatic heterocycles. The Labute approximate surface area is 88.9 Å². The van der Waals surface area contributed by atoms with Crippen molar-refractivity contribution in [2.24, 2.45) is 5.92 Å². The van der Waals surface area contributed by atoms with Crippen molar-refractivity contribution in [1.82, 2.24) is 0 Å². The normalized spacial score (nSPS) is 13.1. The van der Waals surface area contributed by atoms with Gasteiger partial charge in [0, 0.05) is 6.61 Å². The molecule has 0 aliphatic rings. The lowest BCUT2D eigenvalue weighted by atomic mass is 10.0. The van der Waals surface area contributed by atoms with Crippen molar-refractivity contribution >= 4 is 17.1 Å². The number of thiophene rings is 1. The number of rotatable bonds is 5. The van der Waals surface area contributed by atoms with Crippen LogP contribution in [-0.2, 0) is 4.74 Å². The molecule has 2 nitrogen and oxygen atoms in total. The van der Waals surface area contributed by atoms with Crippen LogP contribution in [0.5, 0.6) is 0 Å². The molecule has 1 heterocycles.